The monoisotopic (exact) mass is 491 g/mol. The Hall–Kier alpha value is -3.54. The number of pyridine rings is 2. The molecule has 1 N–H and O–H groups in total. The molecular weight excluding hydrogens is 480 g/mol. The molecule has 0 bridgehead atoms. The Morgan fingerprint density at radius 1 is 1.03 bits per heavy atom. The second-order valence-electron chi connectivity index (χ2n) is 6.46. The molecule has 0 aliphatic rings. The number of halogens is 7. The van der Waals surface area contributed by atoms with Crippen LogP contribution in [0.3, 0.4) is 0 Å². The van der Waals surface area contributed by atoms with E-state index in [0.29, 0.717) is 18.0 Å². The summed E-state index contributed by atoms with van der Waals surface area (Å²) in [5.41, 5.74) is -1.01. The number of hydrogen-bond donors (Lipinski definition) is 1. The number of benzene rings is 1. The first-order valence-electron chi connectivity index (χ1n) is 8.86. The summed E-state index contributed by atoms with van der Waals surface area (Å²) in [5.74, 6) is -2.46. The lowest BCUT2D eigenvalue weighted by Gasteiger charge is -2.15. The van der Waals surface area contributed by atoms with E-state index in [1.165, 1.54) is 18.3 Å². The molecule has 0 aliphatic carbocycles. The van der Waals surface area contributed by atoms with Crippen LogP contribution in [0, 0.1) is 6.92 Å². The minimum absolute atomic E-state index is 0.252. The van der Waals surface area contributed by atoms with Gasteiger partial charge in [0.15, 0.2) is 0 Å². The highest BCUT2D eigenvalue weighted by Crippen LogP contribution is 2.37. The van der Waals surface area contributed by atoms with E-state index in [4.69, 9.17) is 16.3 Å². The summed E-state index contributed by atoms with van der Waals surface area (Å²) in [7, 11) is 0. The molecule has 0 aliphatic heterocycles. The third-order valence-corrected chi connectivity index (χ3v) is 4.22. The molecule has 0 unspecified atom stereocenters. The standard InChI is InChI=1S/C20H12ClF6N3O3/c1-10-6-12(4-5-28-10)30-17(31)14-7-11(19(22,23)24)9-29-18(14)32-16-3-2-13(8-15(16)21)33-20(25,26)27/h2-9H,1H3,(H,28,30,31). The van der Waals surface area contributed by atoms with Gasteiger partial charge in [0.25, 0.3) is 5.91 Å². The number of ether oxygens (including phenoxy) is 2. The maximum absolute atomic E-state index is 13.2. The number of rotatable bonds is 5. The van der Waals surface area contributed by atoms with Gasteiger partial charge in [0.1, 0.15) is 17.1 Å². The van der Waals surface area contributed by atoms with E-state index in [2.05, 4.69) is 20.0 Å². The van der Waals surface area contributed by atoms with Crippen LogP contribution in [-0.4, -0.2) is 22.2 Å². The van der Waals surface area contributed by atoms with Crippen molar-refractivity contribution in [2.45, 2.75) is 19.5 Å². The predicted molar refractivity (Wildman–Crippen MR) is 104 cm³/mol. The van der Waals surface area contributed by atoms with Crippen LogP contribution in [0.2, 0.25) is 5.02 Å². The molecule has 13 heteroatoms. The van der Waals surface area contributed by atoms with Crippen molar-refractivity contribution in [2.24, 2.45) is 0 Å². The number of aromatic nitrogens is 2. The first-order chi connectivity index (χ1) is 15.3. The summed E-state index contributed by atoms with van der Waals surface area (Å²) < 4.78 is 85.6. The van der Waals surface area contributed by atoms with Gasteiger partial charge in [0, 0.05) is 29.8 Å². The fourth-order valence-corrected chi connectivity index (χ4v) is 2.75. The highest BCUT2D eigenvalue weighted by atomic mass is 35.5. The second kappa shape index (κ2) is 9.14. The Balaban J connectivity index is 1.95. The third kappa shape index (κ3) is 6.48. The smallest absolute Gasteiger partial charge is 0.437 e. The maximum Gasteiger partial charge on any atom is 0.573 e. The van der Waals surface area contributed by atoms with Crippen molar-refractivity contribution in [2.75, 3.05) is 5.32 Å². The van der Waals surface area contributed by atoms with Gasteiger partial charge in [-0.05, 0) is 37.3 Å². The normalized spacial score (nSPS) is 11.8. The van der Waals surface area contributed by atoms with Crippen LogP contribution in [-0.2, 0) is 6.18 Å². The van der Waals surface area contributed by atoms with Gasteiger partial charge in [-0.25, -0.2) is 4.98 Å². The zero-order valence-electron chi connectivity index (χ0n) is 16.4. The molecule has 0 spiro atoms. The summed E-state index contributed by atoms with van der Waals surface area (Å²) in [5, 5.41) is 2.04. The quantitative estimate of drug-likeness (QED) is 0.418. The molecule has 3 rings (SSSR count). The lowest BCUT2D eigenvalue weighted by atomic mass is 10.1. The van der Waals surface area contributed by atoms with Gasteiger partial charge in [-0.15, -0.1) is 13.2 Å². The Labute approximate surface area is 187 Å². The average Bonchev–Trinajstić information content (AvgIpc) is 2.68. The van der Waals surface area contributed by atoms with Gasteiger partial charge < -0.3 is 14.8 Å². The number of nitrogens with zero attached hydrogens (tertiary/aromatic N) is 2. The van der Waals surface area contributed by atoms with Crippen molar-refractivity contribution in [1.29, 1.82) is 0 Å². The predicted octanol–water partition coefficient (Wildman–Crippen LogP) is 6.40. The number of carbonyl (C=O) groups excluding carboxylic acids is 1. The number of nitrogens with one attached hydrogen (secondary N) is 1. The Kier molecular flexibility index (Phi) is 6.68. The Bertz CT molecular complexity index is 1180. The van der Waals surface area contributed by atoms with Gasteiger partial charge >= 0.3 is 12.5 Å². The first kappa shape index (κ1) is 24.1. The minimum Gasteiger partial charge on any atom is -0.437 e. The molecule has 0 atom stereocenters. The fourth-order valence-electron chi connectivity index (χ4n) is 2.54. The number of anilines is 1. The molecule has 0 fully saturated rings. The van der Waals surface area contributed by atoms with Crippen molar-refractivity contribution >= 4 is 23.2 Å². The van der Waals surface area contributed by atoms with Crippen LogP contribution >= 0.6 is 11.6 Å². The van der Waals surface area contributed by atoms with E-state index in [-0.39, 0.29) is 16.5 Å². The lowest BCUT2D eigenvalue weighted by molar-refractivity contribution is -0.274. The summed E-state index contributed by atoms with van der Waals surface area (Å²) in [6.07, 6.45) is -7.94. The van der Waals surface area contributed by atoms with Crippen molar-refractivity contribution < 1.29 is 40.6 Å². The number of aryl methyl sites for hydroxylation is 1. The van der Waals surface area contributed by atoms with Gasteiger partial charge in [-0.2, -0.15) is 13.2 Å². The van der Waals surface area contributed by atoms with Crippen molar-refractivity contribution in [3.63, 3.8) is 0 Å². The van der Waals surface area contributed by atoms with E-state index in [1.54, 1.807) is 6.92 Å². The van der Waals surface area contributed by atoms with Crippen molar-refractivity contribution in [3.8, 4) is 17.4 Å². The number of carbonyl (C=O) groups is 1. The van der Waals surface area contributed by atoms with Gasteiger partial charge in [0.2, 0.25) is 5.88 Å². The van der Waals surface area contributed by atoms with Crippen molar-refractivity contribution in [3.05, 3.63) is 70.6 Å². The molecule has 1 aromatic carbocycles. The SMILES string of the molecule is Cc1cc(NC(=O)c2cc(C(F)(F)F)cnc2Oc2ccc(OC(F)(F)F)cc2Cl)ccn1. The number of hydrogen-bond acceptors (Lipinski definition) is 5. The zero-order valence-corrected chi connectivity index (χ0v) is 17.1. The molecule has 6 nitrogen and oxygen atoms in total. The second-order valence-corrected chi connectivity index (χ2v) is 6.86. The zero-order chi connectivity index (χ0) is 24.4. The molecular formula is C20H12ClF6N3O3. The number of alkyl halides is 6. The highest BCUT2D eigenvalue weighted by molar-refractivity contribution is 6.32. The van der Waals surface area contributed by atoms with E-state index in [1.807, 2.05) is 0 Å². The number of amides is 1. The van der Waals surface area contributed by atoms with Crippen LogP contribution < -0.4 is 14.8 Å². The molecule has 3 aromatic rings. The summed E-state index contributed by atoms with van der Waals surface area (Å²) in [4.78, 5) is 20.2. The van der Waals surface area contributed by atoms with Gasteiger partial charge in [-0.3, -0.25) is 9.78 Å². The highest BCUT2D eigenvalue weighted by Gasteiger charge is 2.33. The van der Waals surface area contributed by atoms with Crippen LogP contribution in [0.5, 0.6) is 17.4 Å². The van der Waals surface area contributed by atoms with E-state index < -0.39 is 41.2 Å². The van der Waals surface area contributed by atoms with Crippen LogP contribution in [0.1, 0.15) is 21.6 Å². The topological polar surface area (TPSA) is 73.3 Å². The van der Waals surface area contributed by atoms with E-state index >= 15 is 0 Å². The molecule has 1 amide bonds. The minimum atomic E-state index is -4.96. The fraction of sp³-hybridized carbons (Fsp3) is 0.150. The van der Waals surface area contributed by atoms with Crippen LogP contribution in [0.4, 0.5) is 32.0 Å². The molecule has 2 heterocycles. The molecule has 174 valence electrons. The third-order valence-electron chi connectivity index (χ3n) is 3.92. The molecule has 0 radical (unpaired) electrons. The van der Waals surface area contributed by atoms with Crippen LogP contribution in [0.25, 0.3) is 0 Å². The Morgan fingerprint density at radius 2 is 1.76 bits per heavy atom. The van der Waals surface area contributed by atoms with E-state index in [0.717, 1.165) is 18.2 Å². The lowest BCUT2D eigenvalue weighted by Crippen LogP contribution is -2.17. The average molecular weight is 492 g/mol. The summed E-state index contributed by atoms with van der Waals surface area (Å²) >= 11 is 5.90. The molecule has 0 saturated heterocycles. The maximum atomic E-state index is 13.2. The molecule has 0 saturated carbocycles. The van der Waals surface area contributed by atoms with Gasteiger partial charge in [0.05, 0.1) is 10.6 Å². The largest absolute Gasteiger partial charge is 0.573 e. The van der Waals surface area contributed by atoms with Gasteiger partial charge in [-0.1, -0.05) is 11.6 Å². The van der Waals surface area contributed by atoms with E-state index in [9.17, 15) is 31.1 Å². The Morgan fingerprint density at radius 3 is 2.36 bits per heavy atom. The first-order valence-corrected chi connectivity index (χ1v) is 9.24. The van der Waals surface area contributed by atoms with Crippen molar-refractivity contribution in [1.82, 2.24) is 9.97 Å². The molecule has 2 aromatic heterocycles. The van der Waals surface area contributed by atoms with Crippen LogP contribution in [0.15, 0.2) is 48.8 Å². The molecule has 33 heavy (non-hydrogen) atoms. The summed E-state index contributed by atoms with van der Waals surface area (Å²) in [6.45, 7) is 1.64. The summed E-state index contributed by atoms with van der Waals surface area (Å²) in [6, 6.07) is 6.07.